The molecule has 0 aliphatic heterocycles. The van der Waals surface area contributed by atoms with Gasteiger partial charge in [-0.1, -0.05) is 49.1 Å². The van der Waals surface area contributed by atoms with Gasteiger partial charge in [0.15, 0.2) is 0 Å². The predicted molar refractivity (Wildman–Crippen MR) is 79.0 cm³/mol. The third-order valence-corrected chi connectivity index (χ3v) is 4.59. The van der Waals surface area contributed by atoms with Gasteiger partial charge < -0.3 is 5.32 Å². The molecule has 1 unspecified atom stereocenters. The third kappa shape index (κ3) is 3.49. The normalized spacial score (nSPS) is 20.6. The summed E-state index contributed by atoms with van der Waals surface area (Å²) < 4.78 is 0. The molecule has 0 saturated heterocycles. The van der Waals surface area contributed by atoms with E-state index in [-0.39, 0.29) is 0 Å². The standard InChI is InChI=1S/C16H24ClN/c1-12(14-8-4-3-5-9-14)18-13(2)15-10-6-7-11-16(15)17/h6-7,10-14,18H,3-5,8-9H2,1-2H3/t12-,13?/m0/s1. The first-order chi connectivity index (χ1) is 8.68. The van der Waals surface area contributed by atoms with Crippen LogP contribution >= 0.6 is 11.6 Å². The van der Waals surface area contributed by atoms with E-state index in [4.69, 9.17) is 11.6 Å². The fourth-order valence-corrected chi connectivity index (χ4v) is 3.38. The molecular formula is C16H24ClN. The lowest BCUT2D eigenvalue weighted by molar-refractivity contribution is 0.268. The van der Waals surface area contributed by atoms with Gasteiger partial charge >= 0.3 is 0 Å². The van der Waals surface area contributed by atoms with Gasteiger partial charge in [-0.15, -0.1) is 0 Å². The molecule has 100 valence electrons. The highest BCUT2D eigenvalue weighted by atomic mass is 35.5. The Morgan fingerprint density at radius 3 is 2.44 bits per heavy atom. The fraction of sp³-hybridized carbons (Fsp3) is 0.625. The summed E-state index contributed by atoms with van der Waals surface area (Å²) in [4.78, 5) is 0. The van der Waals surface area contributed by atoms with E-state index in [1.54, 1.807) is 0 Å². The SMILES string of the molecule is CC(N[C@@H](C)C1CCCCC1)c1ccccc1Cl. The summed E-state index contributed by atoms with van der Waals surface area (Å²) in [5, 5.41) is 4.59. The molecule has 18 heavy (non-hydrogen) atoms. The summed E-state index contributed by atoms with van der Waals surface area (Å²) >= 11 is 6.25. The number of halogens is 1. The molecule has 0 amide bonds. The third-order valence-electron chi connectivity index (χ3n) is 4.24. The summed E-state index contributed by atoms with van der Waals surface area (Å²) in [7, 11) is 0. The first-order valence-corrected chi connectivity index (χ1v) is 7.56. The second-order valence-electron chi connectivity index (χ2n) is 5.60. The van der Waals surface area contributed by atoms with Crippen molar-refractivity contribution < 1.29 is 0 Å². The van der Waals surface area contributed by atoms with Crippen LogP contribution in [0.5, 0.6) is 0 Å². The smallest absolute Gasteiger partial charge is 0.0453 e. The van der Waals surface area contributed by atoms with Gasteiger partial charge in [-0.05, 0) is 44.2 Å². The summed E-state index contributed by atoms with van der Waals surface area (Å²) in [6.07, 6.45) is 6.98. The fourth-order valence-electron chi connectivity index (χ4n) is 3.08. The molecule has 0 heterocycles. The van der Waals surface area contributed by atoms with Crippen molar-refractivity contribution in [3.63, 3.8) is 0 Å². The zero-order valence-electron chi connectivity index (χ0n) is 11.5. The Hall–Kier alpha value is -0.530. The highest BCUT2D eigenvalue weighted by Crippen LogP contribution is 2.29. The zero-order valence-corrected chi connectivity index (χ0v) is 12.2. The Balaban J connectivity index is 1.94. The molecule has 0 spiro atoms. The molecule has 1 nitrogen and oxygen atoms in total. The Morgan fingerprint density at radius 1 is 1.11 bits per heavy atom. The van der Waals surface area contributed by atoms with Crippen LogP contribution in [0.25, 0.3) is 0 Å². The van der Waals surface area contributed by atoms with Crippen LogP contribution in [0.3, 0.4) is 0 Å². The minimum Gasteiger partial charge on any atom is -0.307 e. The molecule has 1 aromatic carbocycles. The van der Waals surface area contributed by atoms with Gasteiger partial charge in [-0.3, -0.25) is 0 Å². The second kappa shape index (κ2) is 6.58. The van der Waals surface area contributed by atoms with Gasteiger partial charge in [0.1, 0.15) is 0 Å². The van der Waals surface area contributed by atoms with Crippen molar-refractivity contribution in [2.45, 2.75) is 58.0 Å². The van der Waals surface area contributed by atoms with E-state index in [1.165, 1.54) is 37.7 Å². The van der Waals surface area contributed by atoms with Crippen molar-refractivity contribution in [2.75, 3.05) is 0 Å². The molecule has 0 aromatic heterocycles. The van der Waals surface area contributed by atoms with E-state index in [1.807, 2.05) is 12.1 Å². The molecule has 2 heteroatoms. The molecule has 0 bridgehead atoms. The van der Waals surface area contributed by atoms with E-state index in [2.05, 4.69) is 31.3 Å². The van der Waals surface area contributed by atoms with Crippen molar-refractivity contribution in [1.82, 2.24) is 5.32 Å². The van der Waals surface area contributed by atoms with Gasteiger partial charge in [-0.2, -0.15) is 0 Å². The number of benzene rings is 1. The van der Waals surface area contributed by atoms with Crippen LogP contribution < -0.4 is 5.32 Å². The first-order valence-electron chi connectivity index (χ1n) is 7.19. The molecular weight excluding hydrogens is 242 g/mol. The highest BCUT2D eigenvalue weighted by molar-refractivity contribution is 6.31. The monoisotopic (exact) mass is 265 g/mol. The molecule has 2 rings (SSSR count). The Bertz CT molecular complexity index is 371. The zero-order chi connectivity index (χ0) is 13.0. The first kappa shape index (κ1) is 13.9. The lowest BCUT2D eigenvalue weighted by Crippen LogP contribution is -2.36. The van der Waals surface area contributed by atoms with Crippen LogP contribution in [0.15, 0.2) is 24.3 Å². The van der Waals surface area contributed by atoms with Gasteiger partial charge in [0.2, 0.25) is 0 Å². The quantitative estimate of drug-likeness (QED) is 0.811. The van der Waals surface area contributed by atoms with Gasteiger partial charge in [-0.25, -0.2) is 0 Å². The van der Waals surface area contributed by atoms with Crippen LogP contribution in [0.2, 0.25) is 5.02 Å². The van der Waals surface area contributed by atoms with Crippen LogP contribution in [0.1, 0.15) is 57.6 Å². The largest absolute Gasteiger partial charge is 0.307 e. The Morgan fingerprint density at radius 2 is 1.78 bits per heavy atom. The van der Waals surface area contributed by atoms with Crippen LogP contribution in [-0.2, 0) is 0 Å². The van der Waals surface area contributed by atoms with Gasteiger partial charge in [0.25, 0.3) is 0 Å². The lowest BCUT2D eigenvalue weighted by Gasteiger charge is -2.31. The van der Waals surface area contributed by atoms with Crippen molar-refractivity contribution in [3.05, 3.63) is 34.9 Å². The van der Waals surface area contributed by atoms with Gasteiger partial charge in [0, 0.05) is 17.1 Å². The van der Waals surface area contributed by atoms with E-state index in [0.29, 0.717) is 12.1 Å². The van der Waals surface area contributed by atoms with Crippen LogP contribution in [-0.4, -0.2) is 6.04 Å². The number of nitrogens with one attached hydrogen (secondary N) is 1. The number of rotatable bonds is 4. The average molecular weight is 266 g/mol. The molecule has 1 fully saturated rings. The van der Waals surface area contributed by atoms with Crippen molar-refractivity contribution in [2.24, 2.45) is 5.92 Å². The molecule has 1 aliphatic carbocycles. The van der Waals surface area contributed by atoms with E-state index < -0.39 is 0 Å². The summed E-state index contributed by atoms with van der Waals surface area (Å²) in [6.45, 7) is 4.53. The Labute approximate surface area is 116 Å². The lowest BCUT2D eigenvalue weighted by atomic mass is 9.84. The molecule has 1 aromatic rings. The topological polar surface area (TPSA) is 12.0 Å². The van der Waals surface area contributed by atoms with Crippen LogP contribution in [0.4, 0.5) is 0 Å². The molecule has 1 saturated carbocycles. The van der Waals surface area contributed by atoms with Crippen molar-refractivity contribution in [3.8, 4) is 0 Å². The van der Waals surface area contributed by atoms with E-state index >= 15 is 0 Å². The Kier molecular flexibility index (Phi) is 5.08. The average Bonchev–Trinajstić information content (AvgIpc) is 2.40. The van der Waals surface area contributed by atoms with Crippen molar-refractivity contribution >= 4 is 11.6 Å². The van der Waals surface area contributed by atoms with Crippen molar-refractivity contribution in [1.29, 1.82) is 0 Å². The molecule has 0 radical (unpaired) electrons. The number of hydrogen-bond acceptors (Lipinski definition) is 1. The molecule has 2 atom stereocenters. The second-order valence-corrected chi connectivity index (χ2v) is 6.00. The van der Waals surface area contributed by atoms with Crippen LogP contribution in [0, 0.1) is 5.92 Å². The molecule has 1 aliphatic rings. The maximum Gasteiger partial charge on any atom is 0.0453 e. The van der Waals surface area contributed by atoms with Gasteiger partial charge in [0.05, 0.1) is 0 Å². The maximum atomic E-state index is 6.25. The predicted octanol–water partition coefficient (Wildman–Crippen LogP) is 4.96. The molecule has 1 N–H and O–H groups in total. The van der Waals surface area contributed by atoms with E-state index in [0.717, 1.165) is 10.9 Å². The number of hydrogen-bond donors (Lipinski definition) is 1. The van der Waals surface area contributed by atoms with E-state index in [9.17, 15) is 0 Å². The minimum atomic E-state index is 0.329. The maximum absolute atomic E-state index is 6.25. The minimum absolute atomic E-state index is 0.329. The summed E-state index contributed by atoms with van der Waals surface area (Å²) in [6, 6.07) is 9.05. The highest BCUT2D eigenvalue weighted by Gasteiger charge is 2.21. The summed E-state index contributed by atoms with van der Waals surface area (Å²) in [5.41, 5.74) is 1.21. The summed E-state index contributed by atoms with van der Waals surface area (Å²) in [5.74, 6) is 0.837.